The molecule has 1 aromatic heterocycles. The summed E-state index contributed by atoms with van der Waals surface area (Å²) < 4.78 is 11.2. The molecule has 0 aliphatic rings. The van der Waals surface area contributed by atoms with Gasteiger partial charge in [-0.1, -0.05) is 64.7 Å². The quantitative estimate of drug-likeness (QED) is 0.198. The van der Waals surface area contributed by atoms with Gasteiger partial charge in [0.05, 0.1) is 6.61 Å². The monoisotopic (exact) mass is 446 g/mol. The summed E-state index contributed by atoms with van der Waals surface area (Å²) in [5, 5.41) is 9.86. The Bertz CT molecular complexity index is 747. The smallest absolute Gasteiger partial charge is 0.215 e. The molecule has 1 heterocycles. The third-order valence-electron chi connectivity index (χ3n) is 5.70. The van der Waals surface area contributed by atoms with E-state index in [0.29, 0.717) is 18.9 Å². The summed E-state index contributed by atoms with van der Waals surface area (Å²) in [7, 11) is 0. The molecule has 0 radical (unpaired) electrons. The van der Waals surface area contributed by atoms with Crippen LogP contribution in [0.3, 0.4) is 0 Å². The first-order valence-electron chi connectivity index (χ1n) is 12.4. The first kappa shape index (κ1) is 26.2. The number of nitrogens with zero attached hydrogens (tertiary/aromatic N) is 1. The van der Waals surface area contributed by atoms with Crippen molar-refractivity contribution in [2.75, 3.05) is 37.9 Å². The minimum atomic E-state index is -0.0173. The summed E-state index contributed by atoms with van der Waals surface area (Å²) in [4.78, 5) is 16.5. The van der Waals surface area contributed by atoms with Crippen molar-refractivity contribution in [2.24, 2.45) is 0 Å². The number of aliphatic hydroxyl groups is 1. The molecule has 0 unspecified atom stereocenters. The minimum Gasteiger partial charge on any atom is -0.491 e. The van der Waals surface area contributed by atoms with Crippen LogP contribution in [-0.4, -0.2) is 49.5 Å². The van der Waals surface area contributed by atoms with Crippen molar-refractivity contribution in [1.82, 2.24) is 4.98 Å². The average molecular weight is 447 g/mol. The maximum absolute atomic E-state index is 11.6. The van der Waals surface area contributed by atoms with Crippen LogP contribution in [0.15, 0.2) is 24.3 Å². The SMILES string of the molecule is CCCCCCCCCCCCOCCCN(C=O)c1cc2cc(OCCO)ccc2[nH]1. The van der Waals surface area contributed by atoms with Gasteiger partial charge in [-0.2, -0.15) is 0 Å². The van der Waals surface area contributed by atoms with Gasteiger partial charge in [-0.15, -0.1) is 0 Å². The number of rotatable bonds is 20. The first-order valence-corrected chi connectivity index (χ1v) is 12.4. The molecule has 2 rings (SSSR count). The number of hydrogen-bond donors (Lipinski definition) is 2. The lowest BCUT2D eigenvalue weighted by molar-refractivity contribution is -0.107. The fourth-order valence-electron chi connectivity index (χ4n) is 3.86. The van der Waals surface area contributed by atoms with Crippen LogP contribution in [0, 0.1) is 0 Å². The number of fused-ring (bicyclic) bond motifs is 1. The van der Waals surface area contributed by atoms with Crippen LogP contribution in [0.25, 0.3) is 10.9 Å². The van der Waals surface area contributed by atoms with Gasteiger partial charge in [0.1, 0.15) is 18.2 Å². The molecule has 0 spiro atoms. The number of aromatic amines is 1. The van der Waals surface area contributed by atoms with Crippen LogP contribution < -0.4 is 9.64 Å². The Morgan fingerprint density at radius 3 is 2.28 bits per heavy atom. The van der Waals surface area contributed by atoms with Crippen molar-refractivity contribution in [3.63, 3.8) is 0 Å². The van der Waals surface area contributed by atoms with Gasteiger partial charge in [0.2, 0.25) is 6.41 Å². The highest BCUT2D eigenvalue weighted by Gasteiger charge is 2.09. The van der Waals surface area contributed by atoms with E-state index in [1.165, 1.54) is 57.8 Å². The molecule has 180 valence electrons. The number of hydrogen-bond acceptors (Lipinski definition) is 4. The Morgan fingerprint density at radius 2 is 1.59 bits per heavy atom. The minimum absolute atomic E-state index is 0.0173. The fraction of sp³-hybridized carbons (Fsp3) is 0.654. The number of anilines is 1. The average Bonchev–Trinajstić information content (AvgIpc) is 3.23. The highest BCUT2D eigenvalue weighted by Crippen LogP contribution is 2.25. The standard InChI is InChI=1S/C26H42N2O4/c1-2-3-4-5-6-7-8-9-10-11-17-31-18-12-15-28(22-30)26-21-23-20-24(32-19-16-29)13-14-25(23)27-26/h13-14,20-22,27,29H,2-12,15-19H2,1H3. The summed E-state index contributed by atoms with van der Waals surface area (Å²) in [6.07, 6.45) is 14.9. The zero-order chi connectivity index (χ0) is 22.9. The summed E-state index contributed by atoms with van der Waals surface area (Å²) in [6.45, 7) is 4.60. The van der Waals surface area contributed by atoms with Gasteiger partial charge < -0.3 is 24.5 Å². The summed E-state index contributed by atoms with van der Waals surface area (Å²) in [5.41, 5.74) is 0.945. The lowest BCUT2D eigenvalue weighted by Gasteiger charge is -2.15. The van der Waals surface area contributed by atoms with Crippen molar-refractivity contribution in [2.45, 2.75) is 77.6 Å². The van der Waals surface area contributed by atoms with Crippen molar-refractivity contribution in [1.29, 1.82) is 0 Å². The van der Waals surface area contributed by atoms with Gasteiger partial charge >= 0.3 is 0 Å². The number of benzene rings is 1. The second-order valence-corrected chi connectivity index (χ2v) is 8.42. The molecule has 0 aliphatic heterocycles. The molecular formula is C26H42N2O4. The van der Waals surface area contributed by atoms with E-state index in [0.717, 1.165) is 42.6 Å². The molecule has 0 fully saturated rings. The molecule has 0 saturated heterocycles. The predicted molar refractivity (Wildman–Crippen MR) is 132 cm³/mol. The molecule has 6 nitrogen and oxygen atoms in total. The Labute approximate surface area is 193 Å². The molecule has 0 atom stereocenters. The Kier molecular flexibility index (Phi) is 13.6. The Hall–Kier alpha value is -2.05. The predicted octanol–water partition coefficient (Wildman–Crippen LogP) is 5.83. The van der Waals surface area contributed by atoms with E-state index >= 15 is 0 Å². The van der Waals surface area contributed by atoms with Crippen LogP contribution >= 0.6 is 0 Å². The highest BCUT2D eigenvalue weighted by molar-refractivity contribution is 5.88. The highest BCUT2D eigenvalue weighted by atomic mass is 16.5. The van der Waals surface area contributed by atoms with Crippen molar-refractivity contribution in [3.8, 4) is 5.75 Å². The zero-order valence-corrected chi connectivity index (χ0v) is 19.8. The molecule has 32 heavy (non-hydrogen) atoms. The molecular weight excluding hydrogens is 404 g/mol. The number of carbonyl (C=O) groups is 1. The van der Waals surface area contributed by atoms with Crippen LogP contribution in [0.1, 0.15) is 77.6 Å². The summed E-state index contributed by atoms with van der Waals surface area (Å²) >= 11 is 0. The summed E-state index contributed by atoms with van der Waals surface area (Å²) in [6, 6.07) is 7.62. The van der Waals surface area contributed by atoms with E-state index in [-0.39, 0.29) is 13.2 Å². The molecule has 0 saturated carbocycles. The molecule has 0 aliphatic carbocycles. The molecule has 6 heteroatoms. The molecule has 0 bridgehead atoms. The molecule has 1 aromatic carbocycles. The van der Waals surface area contributed by atoms with Crippen LogP contribution in [-0.2, 0) is 9.53 Å². The van der Waals surface area contributed by atoms with Gasteiger partial charge in [0, 0.05) is 30.7 Å². The van der Waals surface area contributed by atoms with E-state index in [2.05, 4.69) is 11.9 Å². The number of aliphatic hydroxyl groups excluding tert-OH is 1. The van der Waals surface area contributed by atoms with Crippen LogP contribution in [0.4, 0.5) is 5.82 Å². The van der Waals surface area contributed by atoms with Gasteiger partial charge in [-0.3, -0.25) is 4.79 Å². The zero-order valence-electron chi connectivity index (χ0n) is 19.8. The third kappa shape index (κ3) is 10.0. The van der Waals surface area contributed by atoms with Crippen molar-refractivity contribution < 1.29 is 19.4 Å². The summed E-state index contributed by atoms with van der Waals surface area (Å²) in [5.74, 6) is 1.47. The number of amides is 1. The molecule has 1 amide bonds. The van der Waals surface area contributed by atoms with E-state index in [1.54, 1.807) is 4.90 Å². The lowest BCUT2D eigenvalue weighted by atomic mass is 10.1. The fourth-order valence-corrected chi connectivity index (χ4v) is 3.86. The van der Waals surface area contributed by atoms with Crippen molar-refractivity contribution >= 4 is 23.1 Å². The lowest BCUT2D eigenvalue weighted by Crippen LogP contribution is -2.23. The normalized spacial score (nSPS) is 11.2. The van der Waals surface area contributed by atoms with E-state index < -0.39 is 0 Å². The van der Waals surface area contributed by atoms with Gasteiger partial charge in [0.25, 0.3) is 0 Å². The number of ether oxygens (including phenoxy) is 2. The largest absolute Gasteiger partial charge is 0.491 e. The van der Waals surface area contributed by atoms with Gasteiger partial charge in [-0.05, 0) is 37.1 Å². The van der Waals surface area contributed by atoms with E-state index in [9.17, 15) is 4.79 Å². The molecule has 2 aromatic rings. The second kappa shape index (κ2) is 16.6. The number of carbonyl (C=O) groups excluding carboxylic acids is 1. The van der Waals surface area contributed by atoms with E-state index in [4.69, 9.17) is 14.6 Å². The number of nitrogens with one attached hydrogen (secondary N) is 1. The van der Waals surface area contributed by atoms with Gasteiger partial charge in [0.15, 0.2) is 0 Å². The number of H-pyrrole nitrogens is 1. The van der Waals surface area contributed by atoms with Crippen LogP contribution in [0.2, 0.25) is 0 Å². The molecule has 2 N–H and O–H groups in total. The van der Waals surface area contributed by atoms with E-state index in [1.807, 2.05) is 24.3 Å². The van der Waals surface area contributed by atoms with Crippen LogP contribution in [0.5, 0.6) is 5.75 Å². The third-order valence-corrected chi connectivity index (χ3v) is 5.70. The van der Waals surface area contributed by atoms with Crippen molar-refractivity contribution in [3.05, 3.63) is 24.3 Å². The Morgan fingerprint density at radius 1 is 0.906 bits per heavy atom. The maximum atomic E-state index is 11.6. The second-order valence-electron chi connectivity index (χ2n) is 8.42. The van der Waals surface area contributed by atoms with Gasteiger partial charge in [-0.25, -0.2) is 0 Å². The number of unbranched alkanes of at least 4 members (excludes halogenated alkanes) is 9. The first-order chi connectivity index (χ1) is 15.8. The maximum Gasteiger partial charge on any atom is 0.215 e. The topological polar surface area (TPSA) is 74.8 Å². The Balaban J connectivity index is 1.56. The number of aromatic nitrogens is 1.